The molecule has 276 valence electrons. The SMILES string of the molecule is CN(CC(=O)N(Cc1ccc(C2CCCCC2)cc1)c1ccc(C(=O)OCc2ccccc2)c(OCc2ccccc2)c1)S(=O)(=O)c1ccc(C#N)cc1. The maximum atomic E-state index is 14.3. The molecular weight excluding hydrogens is 699 g/mol. The Morgan fingerprint density at radius 2 is 1.39 bits per heavy atom. The maximum Gasteiger partial charge on any atom is 0.342 e. The number of nitrogens with zero attached hydrogens (tertiary/aromatic N) is 3. The van der Waals surface area contributed by atoms with Crippen molar-refractivity contribution in [2.75, 3.05) is 18.5 Å². The number of nitriles is 1. The minimum absolute atomic E-state index is 0.0309. The van der Waals surface area contributed by atoms with Gasteiger partial charge in [-0.1, -0.05) is 104 Å². The van der Waals surface area contributed by atoms with Gasteiger partial charge in [0.15, 0.2) is 0 Å². The fourth-order valence-electron chi connectivity index (χ4n) is 6.58. The highest BCUT2D eigenvalue weighted by molar-refractivity contribution is 7.89. The van der Waals surface area contributed by atoms with Crippen molar-refractivity contribution in [1.29, 1.82) is 5.26 Å². The summed E-state index contributed by atoms with van der Waals surface area (Å²) >= 11 is 0. The van der Waals surface area contributed by atoms with Crippen LogP contribution >= 0.6 is 0 Å². The van der Waals surface area contributed by atoms with Crippen LogP contribution in [0.4, 0.5) is 5.69 Å². The number of likely N-dealkylation sites (N-methyl/N-ethyl adjacent to an activating group) is 1. The molecule has 0 saturated heterocycles. The molecule has 0 radical (unpaired) electrons. The van der Waals surface area contributed by atoms with E-state index in [2.05, 4.69) is 12.1 Å². The number of benzene rings is 5. The Balaban J connectivity index is 1.31. The van der Waals surface area contributed by atoms with E-state index in [1.807, 2.05) is 78.9 Å². The van der Waals surface area contributed by atoms with E-state index in [-0.39, 0.29) is 36.0 Å². The Morgan fingerprint density at radius 3 is 2.02 bits per heavy atom. The molecule has 1 aliphatic rings. The minimum atomic E-state index is -4.07. The van der Waals surface area contributed by atoms with Gasteiger partial charge in [-0.25, -0.2) is 13.2 Å². The molecule has 0 heterocycles. The highest BCUT2D eigenvalue weighted by atomic mass is 32.2. The topological polar surface area (TPSA) is 117 Å². The number of sulfonamides is 1. The van der Waals surface area contributed by atoms with Crippen LogP contribution in [0.2, 0.25) is 0 Å². The quantitative estimate of drug-likeness (QED) is 0.105. The standard InChI is InChI=1S/C44H43N3O6S/c1-46(54(50,51)40-24-19-33(28-45)20-25-40)30-43(48)47(29-34-17-21-38(22-18-34)37-15-9-4-10-16-37)39-23-26-41(44(49)53-32-36-13-7-3-8-14-36)42(27-39)52-31-35-11-5-2-6-12-35/h2-3,5-8,11-14,17-27,37H,4,9-10,15-16,29-32H2,1H3. The van der Waals surface area contributed by atoms with Crippen molar-refractivity contribution in [3.63, 3.8) is 0 Å². The van der Waals surface area contributed by atoms with Crippen LogP contribution in [0.3, 0.4) is 0 Å². The molecule has 6 rings (SSSR count). The van der Waals surface area contributed by atoms with Crippen molar-refractivity contribution in [2.24, 2.45) is 0 Å². The summed E-state index contributed by atoms with van der Waals surface area (Å²) in [6, 6.07) is 39.6. The molecule has 1 fully saturated rings. The molecule has 1 amide bonds. The zero-order chi connectivity index (χ0) is 37.9. The van der Waals surface area contributed by atoms with Gasteiger partial charge >= 0.3 is 5.97 Å². The first-order valence-electron chi connectivity index (χ1n) is 18.1. The van der Waals surface area contributed by atoms with Crippen LogP contribution in [-0.4, -0.2) is 38.2 Å². The van der Waals surface area contributed by atoms with Gasteiger partial charge in [-0.3, -0.25) is 4.79 Å². The van der Waals surface area contributed by atoms with E-state index >= 15 is 0 Å². The van der Waals surface area contributed by atoms with E-state index in [0.717, 1.165) is 33.8 Å². The second-order valence-corrected chi connectivity index (χ2v) is 15.5. The van der Waals surface area contributed by atoms with Crippen molar-refractivity contribution >= 4 is 27.6 Å². The van der Waals surface area contributed by atoms with Gasteiger partial charge in [0.25, 0.3) is 0 Å². The lowest BCUT2D eigenvalue weighted by Gasteiger charge is -2.27. The third kappa shape index (κ3) is 9.61. The summed E-state index contributed by atoms with van der Waals surface area (Å²) in [6.07, 6.45) is 6.03. The lowest BCUT2D eigenvalue weighted by molar-refractivity contribution is -0.118. The van der Waals surface area contributed by atoms with Crippen LogP contribution in [0, 0.1) is 11.3 Å². The van der Waals surface area contributed by atoms with E-state index in [0.29, 0.717) is 17.2 Å². The molecule has 9 nitrogen and oxygen atoms in total. The lowest BCUT2D eigenvalue weighted by atomic mass is 9.84. The molecule has 54 heavy (non-hydrogen) atoms. The summed E-state index contributed by atoms with van der Waals surface area (Å²) < 4.78 is 40.0. The molecule has 5 aromatic carbocycles. The minimum Gasteiger partial charge on any atom is -0.488 e. The zero-order valence-corrected chi connectivity index (χ0v) is 31.1. The molecule has 0 atom stereocenters. The van der Waals surface area contributed by atoms with Crippen LogP contribution < -0.4 is 9.64 Å². The van der Waals surface area contributed by atoms with Crippen molar-refractivity contribution in [3.8, 4) is 11.8 Å². The molecule has 0 bridgehead atoms. The first-order valence-corrected chi connectivity index (χ1v) is 19.5. The number of carbonyl (C=O) groups excluding carboxylic acids is 2. The smallest absolute Gasteiger partial charge is 0.342 e. The van der Waals surface area contributed by atoms with E-state index in [4.69, 9.17) is 14.7 Å². The molecule has 5 aromatic rings. The Kier molecular flexibility index (Phi) is 12.5. The fourth-order valence-corrected chi connectivity index (χ4v) is 7.70. The molecule has 0 aromatic heterocycles. The van der Waals surface area contributed by atoms with Gasteiger partial charge in [0.05, 0.1) is 29.6 Å². The van der Waals surface area contributed by atoms with E-state index in [9.17, 15) is 18.0 Å². The number of ether oxygens (including phenoxy) is 2. The van der Waals surface area contributed by atoms with Crippen LogP contribution in [0.5, 0.6) is 5.75 Å². The first-order chi connectivity index (χ1) is 26.2. The molecule has 1 saturated carbocycles. The highest BCUT2D eigenvalue weighted by Gasteiger charge is 2.28. The Labute approximate surface area is 317 Å². The van der Waals surface area contributed by atoms with Gasteiger partial charge in [0.2, 0.25) is 15.9 Å². The Morgan fingerprint density at radius 1 is 0.759 bits per heavy atom. The van der Waals surface area contributed by atoms with Gasteiger partial charge < -0.3 is 14.4 Å². The van der Waals surface area contributed by atoms with Crippen molar-refractivity contribution < 1.29 is 27.5 Å². The second-order valence-electron chi connectivity index (χ2n) is 13.5. The van der Waals surface area contributed by atoms with E-state index in [1.165, 1.54) is 61.0 Å². The molecule has 0 aliphatic heterocycles. The average Bonchev–Trinajstić information content (AvgIpc) is 3.22. The predicted octanol–water partition coefficient (Wildman–Crippen LogP) is 8.40. The summed E-state index contributed by atoms with van der Waals surface area (Å²) in [4.78, 5) is 29.2. The van der Waals surface area contributed by atoms with E-state index < -0.39 is 28.4 Å². The number of carbonyl (C=O) groups is 2. The van der Waals surface area contributed by atoms with Crippen molar-refractivity contribution in [2.45, 2.75) is 62.7 Å². The fraction of sp³-hybridized carbons (Fsp3) is 0.250. The van der Waals surface area contributed by atoms with Crippen molar-refractivity contribution in [1.82, 2.24) is 4.31 Å². The lowest BCUT2D eigenvalue weighted by Crippen LogP contribution is -2.41. The van der Waals surface area contributed by atoms with Crippen molar-refractivity contribution in [3.05, 3.63) is 161 Å². The zero-order valence-electron chi connectivity index (χ0n) is 30.3. The Bertz CT molecular complexity index is 2180. The molecule has 1 aliphatic carbocycles. The highest BCUT2D eigenvalue weighted by Crippen LogP contribution is 2.34. The molecule has 0 spiro atoms. The third-order valence-corrected chi connectivity index (χ3v) is 11.5. The largest absolute Gasteiger partial charge is 0.488 e. The molecule has 10 heteroatoms. The molecule has 0 N–H and O–H groups in total. The normalized spacial score (nSPS) is 13.2. The van der Waals surface area contributed by atoms with Crippen LogP contribution in [-0.2, 0) is 39.3 Å². The monoisotopic (exact) mass is 741 g/mol. The number of anilines is 1. The number of rotatable bonds is 14. The third-order valence-electron chi connectivity index (χ3n) is 9.69. The van der Waals surface area contributed by atoms with Crippen LogP contribution in [0.15, 0.2) is 132 Å². The van der Waals surface area contributed by atoms with Crippen LogP contribution in [0.25, 0.3) is 0 Å². The van der Waals surface area contributed by atoms with E-state index in [1.54, 1.807) is 18.2 Å². The summed E-state index contributed by atoms with van der Waals surface area (Å²) in [6.45, 7) is -0.0967. The second kappa shape index (κ2) is 17.8. The average molecular weight is 742 g/mol. The van der Waals surface area contributed by atoms with Gasteiger partial charge in [-0.05, 0) is 77.4 Å². The number of hydrogen-bond donors (Lipinski definition) is 0. The summed E-state index contributed by atoms with van der Waals surface area (Å²) in [7, 11) is -2.72. The summed E-state index contributed by atoms with van der Waals surface area (Å²) in [5, 5.41) is 9.17. The van der Waals surface area contributed by atoms with Gasteiger partial charge in [0, 0.05) is 18.8 Å². The Hall–Kier alpha value is -5.76. The predicted molar refractivity (Wildman–Crippen MR) is 207 cm³/mol. The first kappa shape index (κ1) is 38.0. The number of hydrogen-bond acceptors (Lipinski definition) is 7. The van der Waals surface area contributed by atoms with Crippen LogP contribution in [0.1, 0.15) is 76.2 Å². The summed E-state index contributed by atoms with van der Waals surface area (Å²) in [5.74, 6) is -0.332. The van der Waals surface area contributed by atoms with Gasteiger partial charge in [-0.2, -0.15) is 9.57 Å². The maximum absolute atomic E-state index is 14.3. The molecular formula is C44H43N3O6S. The number of esters is 1. The number of amides is 1. The summed E-state index contributed by atoms with van der Waals surface area (Å²) in [5.41, 5.74) is 4.79. The van der Waals surface area contributed by atoms with Gasteiger partial charge in [-0.15, -0.1) is 0 Å². The van der Waals surface area contributed by atoms with Gasteiger partial charge in [0.1, 0.15) is 24.5 Å². The molecule has 0 unspecified atom stereocenters.